The Labute approximate surface area is 151 Å². The van der Waals surface area contributed by atoms with Gasteiger partial charge in [0.25, 0.3) is 0 Å². The minimum absolute atomic E-state index is 0.0349. The molecular formula is C19H20ClNO2S. The summed E-state index contributed by atoms with van der Waals surface area (Å²) in [6, 6.07) is 9.83. The molecule has 1 saturated heterocycles. The van der Waals surface area contributed by atoms with Crippen molar-refractivity contribution in [1.82, 2.24) is 4.90 Å². The molecule has 1 aliphatic heterocycles. The number of aliphatic hydroxyl groups is 1. The molecule has 1 amide bonds. The highest BCUT2D eigenvalue weighted by molar-refractivity contribution is 7.11. The summed E-state index contributed by atoms with van der Waals surface area (Å²) in [6.07, 6.45) is 5.58. The van der Waals surface area contributed by atoms with Gasteiger partial charge in [0, 0.05) is 35.0 Å². The monoisotopic (exact) mass is 361 g/mol. The second-order valence-corrected chi connectivity index (χ2v) is 7.40. The summed E-state index contributed by atoms with van der Waals surface area (Å²) in [4.78, 5) is 15.4. The molecule has 24 heavy (non-hydrogen) atoms. The van der Waals surface area contributed by atoms with Gasteiger partial charge in [0.1, 0.15) is 0 Å². The molecule has 0 bridgehead atoms. The minimum atomic E-state index is 0.0349. The molecule has 0 radical (unpaired) electrons. The van der Waals surface area contributed by atoms with Crippen molar-refractivity contribution in [3.8, 4) is 0 Å². The molecule has 2 aromatic rings. The highest BCUT2D eigenvalue weighted by atomic mass is 35.5. The molecule has 0 saturated carbocycles. The smallest absolute Gasteiger partial charge is 0.246 e. The Hall–Kier alpha value is -1.62. The molecule has 126 valence electrons. The maximum Gasteiger partial charge on any atom is 0.246 e. The van der Waals surface area contributed by atoms with Crippen molar-refractivity contribution >= 4 is 34.9 Å². The molecule has 3 rings (SSSR count). The average Bonchev–Trinajstić information content (AvgIpc) is 3.08. The van der Waals surface area contributed by atoms with E-state index < -0.39 is 0 Å². The first-order valence-corrected chi connectivity index (χ1v) is 9.32. The summed E-state index contributed by atoms with van der Waals surface area (Å²) >= 11 is 7.48. The van der Waals surface area contributed by atoms with E-state index in [1.807, 2.05) is 34.6 Å². The Balaban J connectivity index is 1.63. The van der Waals surface area contributed by atoms with Crippen LogP contribution in [-0.2, 0) is 11.4 Å². The van der Waals surface area contributed by atoms with Crippen LogP contribution in [0.4, 0.5) is 0 Å². The van der Waals surface area contributed by atoms with E-state index in [9.17, 15) is 4.79 Å². The maximum absolute atomic E-state index is 12.5. The van der Waals surface area contributed by atoms with E-state index in [1.165, 1.54) is 16.9 Å². The Morgan fingerprint density at radius 3 is 2.88 bits per heavy atom. The number of piperidine rings is 1. The zero-order chi connectivity index (χ0) is 16.9. The van der Waals surface area contributed by atoms with E-state index in [0.29, 0.717) is 5.92 Å². The van der Waals surface area contributed by atoms with Crippen LogP contribution in [0.3, 0.4) is 0 Å². The van der Waals surface area contributed by atoms with Gasteiger partial charge >= 0.3 is 0 Å². The first-order valence-electron chi connectivity index (χ1n) is 8.06. The van der Waals surface area contributed by atoms with Crippen LogP contribution in [0, 0.1) is 0 Å². The van der Waals surface area contributed by atoms with Gasteiger partial charge in [-0.3, -0.25) is 4.79 Å². The van der Waals surface area contributed by atoms with Gasteiger partial charge in [0.15, 0.2) is 0 Å². The fourth-order valence-corrected chi connectivity index (χ4v) is 3.93. The molecule has 1 unspecified atom stereocenters. The molecule has 1 aliphatic rings. The molecule has 0 aliphatic carbocycles. The first kappa shape index (κ1) is 17.2. The van der Waals surface area contributed by atoms with Crippen LogP contribution in [0.2, 0.25) is 5.02 Å². The standard InChI is InChI=1S/C19H20ClNO2S/c20-17-5-3-15(4-6-17)16-2-1-9-21(11-16)19(23)8-7-18-10-14(12-22)13-24-18/h3-8,10,13,16,22H,1-2,9,11-12H2. The SMILES string of the molecule is O=C(C=Cc1cc(CO)cs1)N1CCCC(c2ccc(Cl)cc2)C1. The summed E-state index contributed by atoms with van der Waals surface area (Å²) in [5.74, 6) is 0.420. The zero-order valence-electron chi connectivity index (χ0n) is 13.3. The van der Waals surface area contributed by atoms with E-state index in [2.05, 4.69) is 12.1 Å². The topological polar surface area (TPSA) is 40.5 Å². The van der Waals surface area contributed by atoms with Crippen LogP contribution in [0.25, 0.3) is 6.08 Å². The Bertz CT molecular complexity index is 723. The van der Waals surface area contributed by atoms with Crippen molar-refractivity contribution in [2.45, 2.75) is 25.4 Å². The minimum Gasteiger partial charge on any atom is -0.392 e. The third-order valence-corrected chi connectivity index (χ3v) is 5.52. The van der Waals surface area contributed by atoms with Crippen molar-refractivity contribution in [1.29, 1.82) is 0 Å². The number of carbonyl (C=O) groups is 1. The number of hydrogen-bond acceptors (Lipinski definition) is 3. The second-order valence-electron chi connectivity index (χ2n) is 6.02. The summed E-state index contributed by atoms with van der Waals surface area (Å²) in [7, 11) is 0. The lowest BCUT2D eigenvalue weighted by atomic mass is 9.90. The number of carbonyl (C=O) groups excluding carboxylic acids is 1. The van der Waals surface area contributed by atoms with Crippen LogP contribution in [-0.4, -0.2) is 29.0 Å². The normalized spacial score (nSPS) is 18.2. The number of likely N-dealkylation sites (tertiary alicyclic amines) is 1. The van der Waals surface area contributed by atoms with Gasteiger partial charge in [-0.25, -0.2) is 0 Å². The van der Waals surface area contributed by atoms with E-state index >= 15 is 0 Å². The number of aliphatic hydroxyl groups excluding tert-OH is 1. The van der Waals surface area contributed by atoms with E-state index in [4.69, 9.17) is 16.7 Å². The highest BCUT2D eigenvalue weighted by Crippen LogP contribution is 2.28. The Morgan fingerprint density at radius 1 is 1.38 bits per heavy atom. The lowest BCUT2D eigenvalue weighted by molar-refractivity contribution is -0.127. The molecule has 1 N–H and O–H groups in total. The van der Waals surface area contributed by atoms with Crippen molar-refractivity contribution < 1.29 is 9.90 Å². The molecule has 2 heterocycles. The van der Waals surface area contributed by atoms with Gasteiger partial charge in [-0.15, -0.1) is 11.3 Å². The van der Waals surface area contributed by atoms with E-state index in [1.54, 1.807) is 6.08 Å². The van der Waals surface area contributed by atoms with Gasteiger partial charge in [0.05, 0.1) is 6.61 Å². The fourth-order valence-electron chi connectivity index (χ4n) is 3.01. The number of benzene rings is 1. The highest BCUT2D eigenvalue weighted by Gasteiger charge is 2.23. The average molecular weight is 362 g/mol. The third kappa shape index (κ3) is 4.26. The summed E-state index contributed by atoms with van der Waals surface area (Å²) in [5.41, 5.74) is 2.12. The Morgan fingerprint density at radius 2 is 2.17 bits per heavy atom. The number of halogens is 1. The first-order chi connectivity index (χ1) is 11.7. The fraction of sp³-hybridized carbons (Fsp3) is 0.316. The number of amides is 1. The lowest BCUT2D eigenvalue weighted by Crippen LogP contribution is -2.38. The van der Waals surface area contributed by atoms with E-state index in [-0.39, 0.29) is 12.5 Å². The molecular weight excluding hydrogens is 342 g/mol. The molecule has 1 aromatic carbocycles. The van der Waals surface area contributed by atoms with Crippen molar-refractivity contribution in [3.63, 3.8) is 0 Å². The number of thiophene rings is 1. The molecule has 5 heteroatoms. The summed E-state index contributed by atoms with van der Waals surface area (Å²) in [6.45, 7) is 1.59. The van der Waals surface area contributed by atoms with Crippen LogP contribution in [0.5, 0.6) is 0 Å². The van der Waals surface area contributed by atoms with Crippen molar-refractivity contribution in [2.24, 2.45) is 0 Å². The van der Waals surface area contributed by atoms with Crippen LogP contribution in [0.1, 0.15) is 34.8 Å². The molecule has 3 nitrogen and oxygen atoms in total. The second kappa shape index (κ2) is 7.97. The summed E-state index contributed by atoms with van der Waals surface area (Å²) < 4.78 is 0. The lowest BCUT2D eigenvalue weighted by Gasteiger charge is -2.32. The number of rotatable bonds is 4. The van der Waals surface area contributed by atoms with Gasteiger partial charge in [-0.2, -0.15) is 0 Å². The van der Waals surface area contributed by atoms with Crippen molar-refractivity contribution in [2.75, 3.05) is 13.1 Å². The number of nitrogens with zero attached hydrogens (tertiary/aromatic N) is 1. The maximum atomic E-state index is 12.5. The molecule has 1 aromatic heterocycles. The van der Waals surface area contributed by atoms with Gasteiger partial charge in [-0.05, 0) is 53.6 Å². The molecule has 0 spiro atoms. The van der Waals surface area contributed by atoms with Crippen LogP contribution >= 0.6 is 22.9 Å². The van der Waals surface area contributed by atoms with Crippen LogP contribution < -0.4 is 0 Å². The quantitative estimate of drug-likeness (QED) is 0.824. The largest absolute Gasteiger partial charge is 0.392 e. The van der Waals surface area contributed by atoms with Gasteiger partial charge < -0.3 is 10.0 Å². The molecule has 1 atom stereocenters. The van der Waals surface area contributed by atoms with Gasteiger partial charge in [0.2, 0.25) is 5.91 Å². The van der Waals surface area contributed by atoms with Crippen LogP contribution in [0.15, 0.2) is 41.8 Å². The third-order valence-electron chi connectivity index (χ3n) is 4.32. The van der Waals surface area contributed by atoms with Crippen molar-refractivity contribution in [3.05, 3.63) is 62.8 Å². The zero-order valence-corrected chi connectivity index (χ0v) is 14.9. The predicted molar refractivity (Wildman–Crippen MR) is 99.3 cm³/mol. The van der Waals surface area contributed by atoms with E-state index in [0.717, 1.165) is 41.4 Å². The van der Waals surface area contributed by atoms with Gasteiger partial charge in [-0.1, -0.05) is 23.7 Å². The number of hydrogen-bond donors (Lipinski definition) is 1. The molecule has 1 fully saturated rings. The Kier molecular flexibility index (Phi) is 5.72. The summed E-state index contributed by atoms with van der Waals surface area (Å²) in [5, 5.41) is 11.7. The predicted octanol–water partition coefficient (Wildman–Crippen LogP) is 4.31.